The van der Waals surface area contributed by atoms with E-state index in [1.54, 1.807) is 5.38 Å². The molecule has 0 amide bonds. The lowest BCUT2D eigenvalue weighted by Gasteiger charge is -2.36. The number of carboxylic acid groups (broad SMARTS) is 1. The summed E-state index contributed by atoms with van der Waals surface area (Å²) in [5, 5.41) is 19.2. The summed E-state index contributed by atoms with van der Waals surface area (Å²) in [6.07, 6.45) is 1.49. The number of nitrogens with one attached hydrogen (secondary N) is 1. The van der Waals surface area contributed by atoms with Gasteiger partial charge in [-0.05, 0) is 16.7 Å². The van der Waals surface area contributed by atoms with Crippen LogP contribution in [0.2, 0.25) is 0 Å². The summed E-state index contributed by atoms with van der Waals surface area (Å²) >= 11 is 1.30. The Kier molecular flexibility index (Phi) is 7.15. The maximum atomic E-state index is 11.8. The highest BCUT2D eigenvalue weighted by atomic mass is 32.1. The van der Waals surface area contributed by atoms with Gasteiger partial charge in [0.15, 0.2) is 5.13 Å². The highest BCUT2D eigenvalue weighted by Gasteiger charge is 2.37. The lowest BCUT2D eigenvalue weighted by atomic mass is 9.77. The van der Waals surface area contributed by atoms with Crippen molar-refractivity contribution in [1.29, 1.82) is 0 Å². The molecule has 1 heterocycles. The highest BCUT2D eigenvalue weighted by molar-refractivity contribution is 7.14. The van der Waals surface area contributed by atoms with Gasteiger partial charge < -0.3 is 15.3 Å². The van der Waals surface area contributed by atoms with Gasteiger partial charge in [0.05, 0.1) is 0 Å². The zero-order chi connectivity index (χ0) is 23.8. The molecule has 2 N–H and O–H groups in total. The lowest BCUT2D eigenvalue weighted by molar-refractivity contribution is -0.129. The minimum absolute atomic E-state index is 0.102. The van der Waals surface area contributed by atoms with Crippen molar-refractivity contribution in [3.63, 3.8) is 0 Å². The van der Waals surface area contributed by atoms with Gasteiger partial charge in [0, 0.05) is 5.38 Å². The summed E-state index contributed by atoms with van der Waals surface area (Å²) in [6, 6.07) is 30.3. The molecule has 6 nitrogen and oxygen atoms in total. The Balaban J connectivity index is 1.84. The molecular formula is C27H23N3O3S. The average molecular weight is 470 g/mol. The number of carboxylic acids is 1. The Bertz CT molecular complexity index is 1180. The minimum Gasteiger partial charge on any atom is -0.476 e. The third kappa shape index (κ3) is 4.74. The third-order valence-corrected chi connectivity index (χ3v) is 5.97. The Morgan fingerprint density at radius 1 is 0.971 bits per heavy atom. The lowest BCUT2D eigenvalue weighted by Crippen LogP contribution is -2.38. The first-order chi connectivity index (χ1) is 16.6. The topological polar surface area (TPSA) is 83.8 Å². The summed E-state index contributed by atoms with van der Waals surface area (Å²) < 4.78 is 0. The van der Waals surface area contributed by atoms with Crippen LogP contribution in [0.3, 0.4) is 0 Å². The van der Waals surface area contributed by atoms with Crippen molar-refractivity contribution in [2.24, 2.45) is 5.16 Å². The number of nitrogens with zero attached hydrogens (tertiary/aromatic N) is 2. The molecule has 0 atom stereocenters. The van der Waals surface area contributed by atoms with E-state index in [4.69, 9.17) is 4.84 Å². The smallest absolute Gasteiger partial charge is 0.360 e. The Labute approximate surface area is 201 Å². The number of oxime groups is 1. The summed E-state index contributed by atoms with van der Waals surface area (Å²) in [7, 11) is 0. The minimum atomic E-state index is -1.22. The Morgan fingerprint density at radius 2 is 1.47 bits per heavy atom. The fraction of sp³-hybridized carbons (Fsp3) is 0.0741. The normalized spacial score (nSPS) is 11.6. The molecule has 0 fully saturated rings. The summed E-state index contributed by atoms with van der Waals surface area (Å²) in [5.41, 5.74) is 2.24. The zero-order valence-electron chi connectivity index (χ0n) is 18.3. The number of thiazole rings is 1. The second-order valence-corrected chi connectivity index (χ2v) is 8.20. The van der Waals surface area contributed by atoms with Gasteiger partial charge in [-0.15, -0.1) is 11.3 Å². The molecule has 0 saturated carbocycles. The quantitative estimate of drug-likeness (QED) is 0.105. The molecule has 0 aliphatic rings. The number of carbonyl (C=O) groups is 1. The molecule has 34 heavy (non-hydrogen) atoms. The van der Waals surface area contributed by atoms with Gasteiger partial charge in [-0.3, -0.25) is 0 Å². The number of benzene rings is 3. The van der Waals surface area contributed by atoms with Crippen LogP contribution in [0.15, 0.2) is 114 Å². The summed E-state index contributed by atoms with van der Waals surface area (Å²) in [4.78, 5) is 21.3. The molecule has 7 heteroatoms. The van der Waals surface area contributed by atoms with Crippen molar-refractivity contribution in [3.8, 4) is 0 Å². The third-order valence-electron chi connectivity index (χ3n) is 5.21. The fourth-order valence-electron chi connectivity index (χ4n) is 3.73. The van der Waals surface area contributed by atoms with Crippen LogP contribution in [0, 0.1) is 0 Å². The SMILES string of the molecule is C=CCON=C(C(=O)O)c1csc(NC(c2ccccc2)(c2ccccc2)c2ccccc2)n1. The number of rotatable bonds is 10. The van der Waals surface area contributed by atoms with Crippen LogP contribution in [0.25, 0.3) is 0 Å². The fourth-order valence-corrected chi connectivity index (χ4v) is 4.48. The van der Waals surface area contributed by atoms with E-state index in [1.165, 1.54) is 17.4 Å². The molecule has 0 aliphatic heterocycles. The number of aromatic nitrogens is 1. The highest BCUT2D eigenvalue weighted by Crippen LogP contribution is 2.40. The van der Waals surface area contributed by atoms with Crippen LogP contribution in [0.1, 0.15) is 22.4 Å². The molecule has 170 valence electrons. The van der Waals surface area contributed by atoms with Crippen molar-refractivity contribution in [3.05, 3.63) is 131 Å². The molecule has 4 aromatic rings. The van der Waals surface area contributed by atoms with Crippen molar-refractivity contribution < 1.29 is 14.7 Å². The van der Waals surface area contributed by atoms with Crippen LogP contribution in [0.4, 0.5) is 5.13 Å². The van der Waals surface area contributed by atoms with Crippen LogP contribution < -0.4 is 5.32 Å². The van der Waals surface area contributed by atoms with E-state index in [2.05, 4.69) is 58.4 Å². The van der Waals surface area contributed by atoms with Gasteiger partial charge in [0.25, 0.3) is 0 Å². The number of hydrogen-bond donors (Lipinski definition) is 2. The van der Waals surface area contributed by atoms with Crippen molar-refractivity contribution in [2.75, 3.05) is 11.9 Å². The molecule has 1 aromatic heterocycles. The molecule has 0 unspecified atom stereocenters. The number of aliphatic carboxylic acids is 1. The number of hydrogen-bond acceptors (Lipinski definition) is 6. The van der Waals surface area contributed by atoms with Crippen LogP contribution in [0.5, 0.6) is 0 Å². The molecule has 0 aliphatic carbocycles. The summed E-state index contributed by atoms with van der Waals surface area (Å²) in [6.45, 7) is 3.64. The van der Waals surface area contributed by atoms with Crippen molar-refractivity contribution in [1.82, 2.24) is 4.98 Å². The predicted molar refractivity (Wildman–Crippen MR) is 135 cm³/mol. The largest absolute Gasteiger partial charge is 0.476 e. The first kappa shape index (κ1) is 22.9. The maximum absolute atomic E-state index is 11.8. The first-order valence-electron chi connectivity index (χ1n) is 10.6. The maximum Gasteiger partial charge on any atom is 0.360 e. The van der Waals surface area contributed by atoms with Crippen LogP contribution in [-0.2, 0) is 15.2 Å². The van der Waals surface area contributed by atoms with E-state index < -0.39 is 11.5 Å². The van der Waals surface area contributed by atoms with E-state index in [0.717, 1.165) is 16.7 Å². The molecular weight excluding hydrogens is 446 g/mol. The van der Waals surface area contributed by atoms with Gasteiger partial charge in [-0.1, -0.05) is 109 Å². The van der Waals surface area contributed by atoms with Gasteiger partial charge in [-0.25, -0.2) is 9.78 Å². The second-order valence-electron chi connectivity index (χ2n) is 7.34. The van der Waals surface area contributed by atoms with Gasteiger partial charge in [0.1, 0.15) is 17.8 Å². The van der Waals surface area contributed by atoms with E-state index in [9.17, 15) is 9.90 Å². The first-order valence-corrected chi connectivity index (χ1v) is 11.5. The van der Waals surface area contributed by atoms with E-state index >= 15 is 0 Å². The van der Waals surface area contributed by atoms with E-state index in [1.807, 2.05) is 54.6 Å². The monoisotopic (exact) mass is 469 g/mol. The van der Waals surface area contributed by atoms with Crippen molar-refractivity contribution in [2.45, 2.75) is 5.54 Å². The van der Waals surface area contributed by atoms with Crippen LogP contribution in [-0.4, -0.2) is 28.4 Å². The Hall–Kier alpha value is -4.23. The summed E-state index contributed by atoms with van der Waals surface area (Å²) in [5.74, 6) is -1.22. The second kappa shape index (κ2) is 10.6. The average Bonchev–Trinajstić information content (AvgIpc) is 3.34. The molecule has 0 spiro atoms. The van der Waals surface area contributed by atoms with Gasteiger partial charge >= 0.3 is 5.97 Å². The van der Waals surface area contributed by atoms with E-state index in [0.29, 0.717) is 5.13 Å². The molecule has 0 saturated heterocycles. The molecule has 4 rings (SSSR count). The van der Waals surface area contributed by atoms with Gasteiger partial charge in [0.2, 0.25) is 5.71 Å². The molecule has 0 radical (unpaired) electrons. The molecule has 0 bridgehead atoms. The number of anilines is 1. The van der Waals surface area contributed by atoms with Crippen LogP contribution >= 0.6 is 11.3 Å². The zero-order valence-corrected chi connectivity index (χ0v) is 19.1. The standard InChI is InChI=1S/C27H23N3O3S/c1-2-18-33-30-24(25(31)32)23-19-34-26(28-23)29-27(20-12-6-3-7-13-20,21-14-8-4-9-15-21)22-16-10-5-11-17-22/h2-17,19H,1,18H2,(H,28,29)(H,31,32). The Morgan fingerprint density at radius 3 is 1.91 bits per heavy atom. The molecule has 3 aromatic carbocycles. The predicted octanol–water partition coefficient (Wildman–Crippen LogP) is 5.54. The van der Waals surface area contributed by atoms with Crippen molar-refractivity contribution >= 4 is 28.1 Å². The van der Waals surface area contributed by atoms with E-state index in [-0.39, 0.29) is 18.0 Å². The van der Waals surface area contributed by atoms with Gasteiger partial charge in [-0.2, -0.15) is 0 Å².